The highest BCUT2D eigenvalue weighted by Crippen LogP contribution is 2.22. The fraction of sp³-hybridized carbons (Fsp3) is 0.250. The van der Waals surface area contributed by atoms with Crippen molar-refractivity contribution < 1.29 is 23.9 Å². The van der Waals surface area contributed by atoms with Gasteiger partial charge < -0.3 is 20.5 Å². The van der Waals surface area contributed by atoms with Crippen molar-refractivity contribution in [2.45, 2.75) is 20.8 Å². The third kappa shape index (κ3) is 5.57. The van der Waals surface area contributed by atoms with E-state index in [1.807, 2.05) is 32.9 Å². The van der Waals surface area contributed by atoms with Gasteiger partial charge in [-0.3, -0.25) is 9.59 Å². The van der Waals surface area contributed by atoms with Crippen LogP contribution < -0.4 is 15.8 Å². The summed E-state index contributed by atoms with van der Waals surface area (Å²) < 4.78 is 10.3. The van der Waals surface area contributed by atoms with Gasteiger partial charge in [-0.2, -0.15) is 0 Å². The summed E-state index contributed by atoms with van der Waals surface area (Å²) in [6.07, 6.45) is 0. The van der Waals surface area contributed by atoms with Crippen molar-refractivity contribution >= 4 is 23.5 Å². The van der Waals surface area contributed by atoms with Gasteiger partial charge in [-0.25, -0.2) is 4.79 Å². The molecule has 0 aliphatic rings. The highest BCUT2D eigenvalue weighted by Gasteiger charge is 2.16. The molecule has 0 atom stereocenters. The van der Waals surface area contributed by atoms with Gasteiger partial charge in [0.25, 0.3) is 11.8 Å². The number of amides is 2. The lowest BCUT2D eigenvalue weighted by Gasteiger charge is -2.13. The average Bonchev–Trinajstić information content (AvgIpc) is 2.61. The van der Waals surface area contributed by atoms with E-state index in [1.165, 1.54) is 12.1 Å². The summed E-state index contributed by atoms with van der Waals surface area (Å²) in [5, 5.41) is 2.76. The molecule has 142 valence electrons. The van der Waals surface area contributed by atoms with Crippen molar-refractivity contribution in [3.8, 4) is 5.75 Å². The van der Waals surface area contributed by atoms with Crippen molar-refractivity contribution in [2.24, 2.45) is 5.73 Å². The molecule has 7 heteroatoms. The van der Waals surface area contributed by atoms with Crippen molar-refractivity contribution in [1.82, 2.24) is 0 Å². The number of para-hydroxylation sites is 1. The van der Waals surface area contributed by atoms with Gasteiger partial charge in [-0.15, -0.1) is 0 Å². The van der Waals surface area contributed by atoms with Crippen molar-refractivity contribution in [3.05, 3.63) is 58.7 Å². The number of benzene rings is 2. The number of aryl methyl sites for hydroxylation is 3. The van der Waals surface area contributed by atoms with Crippen LogP contribution in [0, 0.1) is 20.8 Å². The number of ether oxygens (including phenoxy) is 2. The van der Waals surface area contributed by atoms with Crippen LogP contribution in [0.2, 0.25) is 0 Å². The second kappa shape index (κ2) is 8.84. The van der Waals surface area contributed by atoms with Gasteiger partial charge in [0.15, 0.2) is 13.2 Å². The standard InChI is InChI=1S/C20H22N2O5/c1-12-8-13(2)19(14(3)9-12)22-18(24)11-27-20(25)15-6-4-5-7-16(15)26-10-17(21)23/h4-9H,10-11H2,1-3H3,(H2,21,23)(H,22,24). The zero-order chi connectivity index (χ0) is 20.0. The van der Waals surface area contributed by atoms with Crippen molar-refractivity contribution in [3.63, 3.8) is 0 Å². The van der Waals surface area contributed by atoms with E-state index in [9.17, 15) is 14.4 Å². The first-order valence-electron chi connectivity index (χ1n) is 8.33. The molecule has 0 heterocycles. The Balaban J connectivity index is 2.00. The Kier molecular flexibility index (Phi) is 6.54. The number of carbonyl (C=O) groups excluding carboxylic acids is 3. The summed E-state index contributed by atoms with van der Waals surface area (Å²) >= 11 is 0. The Morgan fingerprint density at radius 2 is 1.63 bits per heavy atom. The molecule has 2 amide bonds. The van der Waals surface area contributed by atoms with E-state index in [1.54, 1.807) is 12.1 Å². The molecule has 27 heavy (non-hydrogen) atoms. The number of carbonyl (C=O) groups is 3. The fourth-order valence-electron chi connectivity index (χ4n) is 2.67. The number of anilines is 1. The van der Waals surface area contributed by atoms with E-state index in [-0.39, 0.29) is 17.9 Å². The third-order valence-electron chi connectivity index (χ3n) is 3.75. The fourth-order valence-corrected chi connectivity index (χ4v) is 2.67. The van der Waals surface area contributed by atoms with Gasteiger partial charge in [0.1, 0.15) is 11.3 Å². The molecule has 2 aromatic rings. The molecule has 0 fully saturated rings. The SMILES string of the molecule is Cc1cc(C)c(NC(=O)COC(=O)c2ccccc2OCC(N)=O)c(C)c1. The van der Waals surface area contributed by atoms with E-state index in [0.717, 1.165) is 16.7 Å². The Hall–Kier alpha value is -3.35. The Morgan fingerprint density at radius 3 is 2.26 bits per heavy atom. The van der Waals surface area contributed by atoms with E-state index in [2.05, 4.69) is 5.32 Å². The lowest BCUT2D eigenvalue weighted by atomic mass is 10.1. The van der Waals surface area contributed by atoms with E-state index in [4.69, 9.17) is 15.2 Å². The number of hydrogen-bond donors (Lipinski definition) is 2. The predicted molar refractivity (Wildman–Crippen MR) is 101 cm³/mol. The molecule has 0 saturated carbocycles. The second-order valence-corrected chi connectivity index (χ2v) is 6.15. The van der Waals surface area contributed by atoms with E-state index >= 15 is 0 Å². The van der Waals surface area contributed by atoms with Crippen LogP contribution in [0.25, 0.3) is 0 Å². The molecular weight excluding hydrogens is 348 g/mol. The number of hydrogen-bond acceptors (Lipinski definition) is 5. The van der Waals surface area contributed by atoms with Crippen LogP contribution in [-0.2, 0) is 14.3 Å². The summed E-state index contributed by atoms with van der Waals surface area (Å²) in [6.45, 7) is 4.96. The molecule has 0 spiro atoms. The third-order valence-corrected chi connectivity index (χ3v) is 3.75. The van der Waals surface area contributed by atoms with Crippen LogP contribution in [0.3, 0.4) is 0 Å². The maximum Gasteiger partial charge on any atom is 0.342 e. The molecule has 3 N–H and O–H groups in total. The average molecular weight is 370 g/mol. The lowest BCUT2D eigenvalue weighted by molar-refractivity contribution is -0.120. The molecule has 0 aliphatic heterocycles. The molecule has 0 unspecified atom stereocenters. The lowest BCUT2D eigenvalue weighted by Crippen LogP contribution is -2.23. The molecule has 7 nitrogen and oxygen atoms in total. The number of nitrogens with two attached hydrogens (primary N) is 1. The van der Waals surface area contributed by atoms with E-state index < -0.39 is 24.4 Å². The minimum Gasteiger partial charge on any atom is -0.483 e. The van der Waals surface area contributed by atoms with Crippen LogP contribution in [0.15, 0.2) is 36.4 Å². The molecule has 2 aromatic carbocycles. The molecule has 0 radical (unpaired) electrons. The second-order valence-electron chi connectivity index (χ2n) is 6.15. The topological polar surface area (TPSA) is 108 Å². The zero-order valence-corrected chi connectivity index (χ0v) is 15.5. The van der Waals surface area contributed by atoms with Gasteiger partial charge in [0.05, 0.1) is 0 Å². The first-order chi connectivity index (χ1) is 12.8. The Bertz CT molecular complexity index is 853. The summed E-state index contributed by atoms with van der Waals surface area (Å²) in [4.78, 5) is 35.3. The highest BCUT2D eigenvalue weighted by molar-refractivity contribution is 5.97. The van der Waals surface area contributed by atoms with Gasteiger partial charge >= 0.3 is 5.97 Å². The quantitative estimate of drug-likeness (QED) is 0.727. The summed E-state index contributed by atoms with van der Waals surface area (Å²) in [6, 6.07) is 10.2. The van der Waals surface area contributed by atoms with Crippen molar-refractivity contribution in [1.29, 1.82) is 0 Å². The summed E-state index contributed by atoms with van der Waals surface area (Å²) in [5.74, 6) is -1.69. The minimum absolute atomic E-state index is 0.106. The summed E-state index contributed by atoms with van der Waals surface area (Å²) in [5.41, 5.74) is 8.80. The smallest absolute Gasteiger partial charge is 0.342 e. The van der Waals surface area contributed by atoms with Gasteiger partial charge in [-0.1, -0.05) is 29.8 Å². The maximum atomic E-state index is 12.2. The molecule has 2 rings (SSSR count). The summed E-state index contributed by atoms with van der Waals surface area (Å²) in [7, 11) is 0. The maximum absolute atomic E-state index is 12.2. The minimum atomic E-state index is -0.734. The van der Waals surface area contributed by atoms with Gasteiger partial charge in [0.2, 0.25) is 0 Å². The Labute approximate surface area is 157 Å². The molecule has 0 bridgehead atoms. The van der Waals surface area contributed by atoms with E-state index in [0.29, 0.717) is 5.69 Å². The van der Waals surface area contributed by atoms with Crippen LogP contribution in [0.4, 0.5) is 5.69 Å². The first-order valence-corrected chi connectivity index (χ1v) is 8.33. The molecule has 0 aromatic heterocycles. The molecular formula is C20H22N2O5. The van der Waals surface area contributed by atoms with Crippen LogP contribution in [0.5, 0.6) is 5.75 Å². The first kappa shape index (κ1) is 20.0. The number of nitrogens with one attached hydrogen (secondary N) is 1. The predicted octanol–water partition coefficient (Wildman–Crippen LogP) is 2.27. The van der Waals surface area contributed by atoms with Gasteiger partial charge in [-0.05, 0) is 44.0 Å². The largest absolute Gasteiger partial charge is 0.483 e. The number of esters is 1. The van der Waals surface area contributed by atoms with Crippen LogP contribution in [-0.4, -0.2) is 31.0 Å². The zero-order valence-electron chi connectivity index (χ0n) is 15.5. The highest BCUT2D eigenvalue weighted by atomic mass is 16.5. The number of primary amides is 1. The molecule has 0 aliphatic carbocycles. The van der Waals surface area contributed by atoms with Crippen molar-refractivity contribution in [2.75, 3.05) is 18.5 Å². The van der Waals surface area contributed by atoms with Crippen LogP contribution >= 0.6 is 0 Å². The molecule has 0 saturated heterocycles. The normalized spacial score (nSPS) is 10.2. The Morgan fingerprint density at radius 1 is 1.00 bits per heavy atom. The monoisotopic (exact) mass is 370 g/mol. The van der Waals surface area contributed by atoms with Gasteiger partial charge in [0, 0.05) is 5.69 Å². The van der Waals surface area contributed by atoms with Crippen LogP contribution in [0.1, 0.15) is 27.0 Å². The number of rotatable bonds is 7.